The summed E-state index contributed by atoms with van der Waals surface area (Å²) in [5, 5.41) is 7.16. The number of fused-ring (bicyclic) bond motifs is 9. The third-order valence-electron chi connectivity index (χ3n) is 9.75. The first kappa shape index (κ1) is 28.6. The number of hydrogen-bond acceptors (Lipinski definition) is 6. The van der Waals surface area contributed by atoms with Gasteiger partial charge in [-0.3, -0.25) is 0 Å². The Labute approximate surface area is 299 Å². The van der Waals surface area contributed by atoms with Crippen molar-refractivity contribution in [2.24, 2.45) is 0 Å². The van der Waals surface area contributed by atoms with Gasteiger partial charge in [0.15, 0.2) is 17.5 Å². The molecule has 0 unspecified atom stereocenters. The second kappa shape index (κ2) is 11.2. The van der Waals surface area contributed by atoms with Crippen molar-refractivity contribution in [3.8, 4) is 45.3 Å². The molecule has 0 aliphatic carbocycles. The lowest BCUT2D eigenvalue weighted by Gasteiger charge is -2.09. The highest BCUT2D eigenvalue weighted by molar-refractivity contribution is 7.26. The Bertz CT molecular complexity index is 3160. The molecule has 0 saturated heterocycles. The molecule has 0 radical (unpaired) electrons. The van der Waals surface area contributed by atoms with E-state index in [9.17, 15) is 0 Å². The van der Waals surface area contributed by atoms with Gasteiger partial charge in [-0.2, -0.15) is 0 Å². The first-order valence-electron chi connectivity index (χ1n) is 16.8. The molecule has 0 aliphatic heterocycles. The van der Waals surface area contributed by atoms with E-state index >= 15 is 0 Å². The minimum atomic E-state index is 0.656. The summed E-state index contributed by atoms with van der Waals surface area (Å²) in [6.45, 7) is 0. The molecule has 0 atom stereocenters. The summed E-state index contributed by atoms with van der Waals surface area (Å²) in [6, 6.07) is 53.2. The standard InChI is InChI=1S/C45H25N3OS2/c1-2-9-26(10-3-1)43-46-44(28-18-21-39-35(23-28)32-12-5-7-16-38(32)50-39)48-45(47-43)29-19-22-40-36(24-29)33-20-17-27(25-41(33)51-40)30-13-8-14-34-31-11-4-6-15-37(31)49-42(30)34/h1-25H. The molecule has 4 nitrogen and oxygen atoms in total. The molecule has 0 bridgehead atoms. The number of para-hydroxylation sites is 2. The van der Waals surface area contributed by atoms with Crippen LogP contribution in [0.3, 0.4) is 0 Å². The average Bonchev–Trinajstić information content (AvgIpc) is 3.88. The highest BCUT2D eigenvalue weighted by Crippen LogP contribution is 2.41. The summed E-state index contributed by atoms with van der Waals surface area (Å²) in [5.74, 6) is 1.98. The Morgan fingerprint density at radius 3 is 1.69 bits per heavy atom. The van der Waals surface area contributed by atoms with Gasteiger partial charge in [0, 0.05) is 73.4 Å². The lowest BCUT2D eigenvalue weighted by atomic mass is 10.0. The van der Waals surface area contributed by atoms with Crippen LogP contribution in [0.4, 0.5) is 0 Å². The minimum absolute atomic E-state index is 0.656. The molecule has 0 spiro atoms. The largest absolute Gasteiger partial charge is 0.455 e. The molecule has 11 aromatic rings. The molecule has 51 heavy (non-hydrogen) atoms. The molecular formula is C45H25N3OS2. The van der Waals surface area contributed by atoms with Crippen LogP contribution in [0.2, 0.25) is 0 Å². The van der Waals surface area contributed by atoms with Gasteiger partial charge in [-0.25, -0.2) is 15.0 Å². The van der Waals surface area contributed by atoms with Crippen LogP contribution in [0.15, 0.2) is 156 Å². The van der Waals surface area contributed by atoms with Crippen LogP contribution in [0.25, 0.3) is 108 Å². The summed E-state index contributed by atoms with van der Waals surface area (Å²) in [7, 11) is 0. The van der Waals surface area contributed by atoms with E-state index in [0.717, 1.165) is 49.8 Å². The first-order valence-corrected chi connectivity index (χ1v) is 18.5. The molecule has 0 fully saturated rings. The van der Waals surface area contributed by atoms with Crippen LogP contribution in [-0.4, -0.2) is 15.0 Å². The van der Waals surface area contributed by atoms with E-state index in [0.29, 0.717) is 17.5 Å². The fourth-order valence-electron chi connectivity index (χ4n) is 7.27. The molecule has 0 aliphatic rings. The number of thiophene rings is 2. The number of nitrogens with zero attached hydrogens (tertiary/aromatic N) is 3. The van der Waals surface area contributed by atoms with Gasteiger partial charge in [0.2, 0.25) is 0 Å². The summed E-state index contributed by atoms with van der Waals surface area (Å²) >= 11 is 3.62. The van der Waals surface area contributed by atoms with E-state index in [-0.39, 0.29) is 0 Å². The summed E-state index contributed by atoms with van der Waals surface area (Å²) in [5.41, 5.74) is 6.97. The van der Waals surface area contributed by atoms with Crippen molar-refractivity contribution >= 4 is 85.0 Å². The van der Waals surface area contributed by atoms with Gasteiger partial charge in [-0.1, -0.05) is 97.1 Å². The smallest absolute Gasteiger partial charge is 0.164 e. The Morgan fingerprint density at radius 2 is 0.922 bits per heavy atom. The van der Waals surface area contributed by atoms with E-state index in [1.165, 1.54) is 40.3 Å². The molecule has 4 heterocycles. The van der Waals surface area contributed by atoms with E-state index in [1.807, 2.05) is 41.7 Å². The van der Waals surface area contributed by atoms with Crippen molar-refractivity contribution in [2.75, 3.05) is 0 Å². The van der Waals surface area contributed by atoms with Crippen LogP contribution in [0.1, 0.15) is 0 Å². The summed E-state index contributed by atoms with van der Waals surface area (Å²) in [4.78, 5) is 15.2. The Balaban J connectivity index is 1.05. The van der Waals surface area contributed by atoms with Crippen molar-refractivity contribution < 1.29 is 4.42 Å². The molecule has 238 valence electrons. The third-order valence-corrected chi connectivity index (χ3v) is 12.0. The molecule has 0 amide bonds. The monoisotopic (exact) mass is 687 g/mol. The van der Waals surface area contributed by atoms with E-state index in [4.69, 9.17) is 19.4 Å². The molecule has 7 aromatic carbocycles. The Morgan fingerprint density at radius 1 is 0.353 bits per heavy atom. The second-order valence-electron chi connectivity index (χ2n) is 12.8. The van der Waals surface area contributed by atoms with Gasteiger partial charge >= 0.3 is 0 Å². The topological polar surface area (TPSA) is 51.8 Å². The maximum absolute atomic E-state index is 6.38. The lowest BCUT2D eigenvalue weighted by Crippen LogP contribution is -2.00. The Hall–Kier alpha value is -6.21. The number of aromatic nitrogens is 3. The third kappa shape index (κ3) is 4.61. The van der Waals surface area contributed by atoms with Crippen LogP contribution in [0, 0.1) is 0 Å². The first-order chi connectivity index (χ1) is 25.2. The van der Waals surface area contributed by atoms with Gasteiger partial charge in [0.25, 0.3) is 0 Å². The number of benzene rings is 7. The maximum Gasteiger partial charge on any atom is 0.164 e. The lowest BCUT2D eigenvalue weighted by molar-refractivity contribution is 0.670. The highest BCUT2D eigenvalue weighted by Gasteiger charge is 2.17. The van der Waals surface area contributed by atoms with Gasteiger partial charge in [0.05, 0.1) is 0 Å². The van der Waals surface area contributed by atoms with Crippen molar-refractivity contribution in [2.45, 2.75) is 0 Å². The zero-order valence-corrected chi connectivity index (χ0v) is 28.6. The normalized spacial score (nSPS) is 11.9. The SMILES string of the molecule is c1ccc(-c2nc(-c3ccc4sc5ccccc5c4c3)nc(-c3ccc4sc5cc(-c6cccc7c6oc6ccccc67)ccc5c4c3)n2)cc1. The van der Waals surface area contributed by atoms with E-state index in [2.05, 4.69) is 121 Å². The summed E-state index contributed by atoms with van der Waals surface area (Å²) < 4.78 is 11.4. The zero-order valence-electron chi connectivity index (χ0n) is 27.0. The number of hydrogen-bond donors (Lipinski definition) is 0. The molecule has 6 heteroatoms. The van der Waals surface area contributed by atoms with E-state index in [1.54, 1.807) is 11.3 Å². The quantitative estimate of drug-likeness (QED) is 0.185. The predicted molar refractivity (Wildman–Crippen MR) is 215 cm³/mol. The van der Waals surface area contributed by atoms with Crippen molar-refractivity contribution in [1.82, 2.24) is 15.0 Å². The van der Waals surface area contributed by atoms with Crippen molar-refractivity contribution in [1.29, 1.82) is 0 Å². The van der Waals surface area contributed by atoms with Gasteiger partial charge in [-0.15, -0.1) is 22.7 Å². The number of furan rings is 1. The van der Waals surface area contributed by atoms with Gasteiger partial charge in [0.1, 0.15) is 11.2 Å². The fraction of sp³-hybridized carbons (Fsp3) is 0. The molecule has 4 aromatic heterocycles. The van der Waals surface area contributed by atoms with Crippen LogP contribution < -0.4 is 0 Å². The maximum atomic E-state index is 6.38. The van der Waals surface area contributed by atoms with Gasteiger partial charge in [-0.05, 0) is 60.2 Å². The zero-order chi connectivity index (χ0) is 33.5. The molecule has 11 rings (SSSR count). The van der Waals surface area contributed by atoms with Crippen LogP contribution in [-0.2, 0) is 0 Å². The minimum Gasteiger partial charge on any atom is -0.455 e. The van der Waals surface area contributed by atoms with E-state index < -0.39 is 0 Å². The highest BCUT2D eigenvalue weighted by atomic mass is 32.1. The number of rotatable bonds is 4. The molecule has 0 saturated carbocycles. The van der Waals surface area contributed by atoms with Crippen molar-refractivity contribution in [3.63, 3.8) is 0 Å². The average molecular weight is 688 g/mol. The van der Waals surface area contributed by atoms with Crippen molar-refractivity contribution in [3.05, 3.63) is 152 Å². The molecular weight excluding hydrogens is 663 g/mol. The predicted octanol–water partition coefficient (Wildman–Crippen LogP) is 13.2. The Kier molecular flexibility index (Phi) is 6.26. The molecule has 0 N–H and O–H groups in total. The van der Waals surface area contributed by atoms with Crippen LogP contribution in [0.5, 0.6) is 0 Å². The van der Waals surface area contributed by atoms with Crippen LogP contribution >= 0.6 is 22.7 Å². The van der Waals surface area contributed by atoms with Gasteiger partial charge < -0.3 is 4.42 Å². The summed E-state index contributed by atoms with van der Waals surface area (Å²) in [6.07, 6.45) is 0. The fourth-order valence-corrected chi connectivity index (χ4v) is 9.49. The second-order valence-corrected chi connectivity index (χ2v) is 15.0.